The second-order valence-electron chi connectivity index (χ2n) is 4.29. The molecule has 0 radical (unpaired) electrons. The summed E-state index contributed by atoms with van der Waals surface area (Å²) in [4.78, 5) is 0. The zero-order valence-corrected chi connectivity index (χ0v) is 10.3. The summed E-state index contributed by atoms with van der Waals surface area (Å²) in [5.74, 6) is 0.814. The summed E-state index contributed by atoms with van der Waals surface area (Å²) in [6, 6.07) is 4.18. The van der Waals surface area contributed by atoms with Crippen LogP contribution in [-0.2, 0) is 0 Å². The van der Waals surface area contributed by atoms with Crippen LogP contribution in [0.5, 0.6) is 0 Å². The van der Waals surface area contributed by atoms with Gasteiger partial charge >= 0.3 is 0 Å². The van der Waals surface area contributed by atoms with E-state index in [1.165, 1.54) is 23.9 Å². The molecule has 6 nitrogen and oxygen atoms in total. The Morgan fingerprint density at radius 2 is 2.24 bits per heavy atom. The van der Waals surface area contributed by atoms with Crippen LogP contribution < -0.4 is 5.32 Å². The first-order valence-corrected chi connectivity index (χ1v) is 6.11. The van der Waals surface area contributed by atoms with E-state index in [9.17, 15) is 0 Å². The molecule has 2 aromatic rings. The summed E-state index contributed by atoms with van der Waals surface area (Å²) >= 11 is 0. The van der Waals surface area contributed by atoms with Crippen molar-refractivity contribution < 1.29 is 0 Å². The molecular weight excluding hydrogens is 216 g/mol. The predicted octanol–water partition coefficient (Wildman–Crippen LogP) is 1.90. The van der Waals surface area contributed by atoms with Gasteiger partial charge in [-0.25, -0.2) is 0 Å². The number of hydrogen-bond donors (Lipinski definition) is 1. The summed E-state index contributed by atoms with van der Waals surface area (Å²) in [6.07, 6.45) is 4.94. The van der Waals surface area contributed by atoms with Gasteiger partial charge in [-0.1, -0.05) is 26.2 Å². The highest BCUT2D eigenvalue weighted by Gasteiger charge is 2.04. The van der Waals surface area contributed by atoms with Gasteiger partial charge in [0.15, 0.2) is 5.65 Å². The number of unbranched alkanes of at least 4 members (excludes halogenated alkanes) is 2. The minimum atomic E-state index is 0.419. The quantitative estimate of drug-likeness (QED) is 0.773. The lowest BCUT2D eigenvalue weighted by Crippen LogP contribution is -2.16. The number of aromatic nitrogens is 5. The molecule has 1 N–H and O–H groups in total. The molecule has 6 heteroatoms. The van der Waals surface area contributed by atoms with Gasteiger partial charge in [0.25, 0.3) is 0 Å². The van der Waals surface area contributed by atoms with Crippen LogP contribution >= 0.6 is 0 Å². The highest BCUT2D eigenvalue weighted by Crippen LogP contribution is 2.09. The van der Waals surface area contributed by atoms with Gasteiger partial charge in [-0.05, 0) is 35.9 Å². The molecule has 2 rings (SSSR count). The number of nitrogens with zero attached hydrogens (tertiary/aromatic N) is 5. The molecule has 2 aromatic heterocycles. The van der Waals surface area contributed by atoms with Gasteiger partial charge in [0.05, 0.1) is 0 Å². The van der Waals surface area contributed by atoms with Crippen LogP contribution in [0.1, 0.15) is 39.5 Å². The Labute approximate surface area is 100 Å². The highest BCUT2D eigenvalue weighted by atomic mass is 15.6. The van der Waals surface area contributed by atoms with E-state index in [1.807, 2.05) is 12.1 Å². The summed E-state index contributed by atoms with van der Waals surface area (Å²) in [5.41, 5.74) is 0.661. The van der Waals surface area contributed by atoms with E-state index < -0.39 is 0 Å². The number of tetrazole rings is 1. The lowest BCUT2D eigenvalue weighted by Gasteiger charge is -2.13. The van der Waals surface area contributed by atoms with Gasteiger partial charge in [0, 0.05) is 6.04 Å². The number of fused-ring (bicyclic) bond motifs is 1. The lowest BCUT2D eigenvalue weighted by molar-refractivity contribution is 0.611. The monoisotopic (exact) mass is 234 g/mol. The summed E-state index contributed by atoms with van der Waals surface area (Å²) in [6.45, 7) is 4.38. The molecule has 17 heavy (non-hydrogen) atoms. The van der Waals surface area contributed by atoms with Crippen LogP contribution in [0.3, 0.4) is 0 Å². The first-order chi connectivity index (χ1) is 8.29. The standard InChI is InChI=1S/C11H18N6/c1-3-4-5-6-9(2)12-10-7-8-11-13-15-16-17(11)14-10/h7-9H,3-6H2,1-2H3,(H,12,14). The molecule has 0 aliphatic heterocycles. The average Bonchev–Trinajstić information content (AvgIpc) is 2.76. The van der Waals surface area contributed by atoms with Crippen molar-refractivity contribution in [2.24, 2.45) is 0 Å². The van der Waals surface area contributed by atoms with E-state index >= 15 is 0 Å². The Bertz CT molecular complexity index is 466. The maximum atomic E-state index is 4.27. The van der Waals surface area contributed by atoms with Crippen LogP contribution in [0, 0.1) is 0 Å². The first-order valence-electron chi connectivity index (χ1n) is 6.11. The van der Waals surface area contributed by atoms with Crippen LogP contribution in [0.25, 0.3) is 5.65 Å². The van der Waals surface area contributed by atoms with E-state index in [0.29, 0.717) is 11.7 Å². The Morgan fingerprint density at radius 3 is 3.06 bits per heavy atom. The molecule has 0 saturated carbocycles. The number of anilines is 1. The van der Waals surface area contributed by atoms with Gasteiger partial charge in [-0.3, -0.25) is 0 Å². The first kappa shape index (κ1) is 11.8. The van der Waals surface area contributed by atoms with Crippen molar-refractivity contribution in [2.45, 2.75) is 45.6 Å². The summed E-state index contributed by atoms with van der Waals surface area (Å²) in [7, 11) is 0. The molecule has 0 amide bonds. The molecule has 0 aliphatic rings. The average molecular weight is 234 g/mol. The number of rotatable bonds is 6. The minimum absolute atomic E-state index is 0.419. The zero-order chi connectivity index (χ0) is 12.1. The minimum Gasteiger partial charge on any atom is -0.366 e. The Morgan fingerprint density at radius 1 is 1.35 bits per heavy atom. The molecule has 92 valence electrons. The van der Waals surface area contributed by atoms with Crippen molar-refractivity contribution in [2.75, 3.05) is 5.32 Å². The molecular formula is C11H18N6. The number of nitrogens with one attached hydrogen (secondary N) is 1. The van der Waals surface area contributed by atoms with Gasteiger partial charge in [0.1, 0.15) is 5.82 Å². The Kier molecular flexibility index (Phi) is 3.85. The smallest absolute Gasteiger partial charge is 0.200 e. The third-order valence-corrected chi connectivity index (χ3v) is 2.70. The molecule has 0 spiro atoms. The van der Waals surface area contributed by atoms with Crippen molar-refractivity contribution >= 4 is 11.5 Å². The fourth-order valence-electron chi connectivity index (χ4n) is 1.75. The molecule has 0 aromatic carbocycles. The maximum absolute atomic E-state index is 4.27. The van der Waals surface area contributed by atoms with E-state index in [2.05, 4.69) is 39.8 Å². The van der Waals surface area contributed by atoms with E-state index in [1.54, 1.807) is 0 Å². The normalized spacial score (nSPS) is 12.8. The van der Waals surface area contributed by atoms with E-state index in [0.717, 1.165) is 12.2 Å². The maximum Gasteiger partial charge on any atom is 0.200 e. The predicted molar refractivity (Wildman–Crippen MR) is 65.8 cm³/mol. The van der Waals surface area contributed by atoms with Crippen molar-refractivity contribution in [1.82, 2.24) is 25.3 Å². The van der Waals surface area contributed by atoms with E-state index in [4.69, 9.17) is 0 Å². The Hall–Kier alpha value is -1.72. The fourth-order valence-corrected chi connectivity index (χ4v) is 1.75. The van der Waals surface area contributed by atoms with E-state index in [-0.39, 0.29) is 0 Å². The second kappa shape index (κ2) is 5.56. The SMILES string of the molecule is CCCCCC(C)Nc1ccc2nnnn2n1. The van der Waals surface area contributed by atoms with Gasteiger partial charge in [0.2, 0.25) is 0 Å². The van der Waals surface area contributed by atoms with Crippen LogP contribution in [0.15, 0.2) is 12.1 Å². The molecule has 0 bridgehead atoms. The third kappa shape index (κ3) is 3.12. The van der Waals surface area contributed by atoms with Crippen molar-refractivity contribution in [3.8, 4) is 0 Å². The molecule has 1 unspecified atom stereocenters. The fraction of sp³-hybridized carbons (Fsp3) is 0.636. The molecule has 2 heterocycles. The van der Waals surface area contributed by atoms with Crippen molar-refractivity contribution in [3.05, 3.63) is 12.1 Å². The van der Waals surface area contributed by atoms with Crippen LogP contribution in [0.4, 0.5) is 5.82 Å². The Balaban J connectivity index is 1.93. The molecule has 0 saturated heterocycles. The van der Waals surface area contributed by atoms with Crippen molar-refractivity contribution in [3.63, 3.8) is 0 Å². The van der Waals surface area contributed by atoms with Gasteiger partial charge < -0.3 is 5.32 Å². The lowest BCUT2D eigenvalue weighted by atomic mass is 10.1. The van der Waals surface area contributed by atoms with Gasteiger partial charge in [-0.2, -0.15) is 0 Å². The molecule has 0 fully saturated rings. The largest absolute Gasteiger partial charge is 0.366 e. The van der Waals surface area contributed by atoms with Crippen LogP contribution in [0.2, 0.25) is 0 Å². The topological polar surface area (TPSA) is 68.0 Å². The zero-order valence-electron chi connectivity index (χ0n) is 10.3. The van der Waals surface area contributed by atoms with Gasteiger partial charge in [-0.15, -0.1) is 14.8 Å². The van der Waals surface area contributed by atoms with Crippen molar-refractivity contribution in [1.29, 1.82) is 0 Å². The molecule has 0 aliphatic carbocycles. The van der Waals surface area contributed by atoms with Crippen LogP contribution in [-0.4, -0.2) is 31.3 Å². The third-order valence-electron chi connectivity index (χ3n) is 2.70. The highest BCUT2D eigenvalue weighted by molar-refractivity contribution is 5.42. The summed E-state index contributed by atoms with van der Waals surface area (Å²) < 4.78 is 1.43. The summed E-state index contributed by atoms with van der Waals surface area (Å²) in [5, 5.41) is 18.8. The molecule has 1 atom stereocenters. The second-order valence-corrected chi connectivity index (χ2v) is 4.29. The number of hydrogen-bond acceptors (Lipinski definition) is 5.